The molecule has 0 aliphatic carbocycles. The van der Waals surface area contributed by atoms with Gasteiger partial charge in [-0.2, -0.15) is 0 Å². The maximum absolute atomic E-state index is 12.7. The second-order valence-electron chi connectivity index (χ2n) is 7.85. The first-order chi connectivity index (χ1) is 12.1. The summed E-state index contributed by atoms with van der Waals surface area (Å²) in [7, 11) is 1.96. The van der Waals surface area contributed by atoms with Crippen molar-refractivity contribution in [3.63, 3.8) is 0 Å². The molecule has 2 atom stereocenters. The minimum atomic E-state index is 0.100. The molecule has 4 heteroatoms. The summed E-state index contributed by atoms with van der Waals surface area (Å²) in [6.45, 7) is 6.88. The summed E-state index contributed by atoms with van der Waals surface area (Å²) in [5.74, 6) is 1.54. The zero-order valence-corrected chi connectivity index (χ0v) is 15.9. The van der Waals surface area contributed by atoms with Crippen molar-refractivity contribution >= 4 is 5.91 Å². The highest BCUT2D eigenvalue weighted by Crippen LogP contribution is 2.29. The lowest BCUT2D eigenvalue weighted by Gasteiger charge is -2.44. The Morgan fingerprint density at radius 2 is 1.96 bits per heavy atom. The molecule has 0 bridgehead atoms. The Morgan fingerprint density at radius 1 is 1.16 bits per heavy atom. The fraction of sp³-hybridized carbons (Fsp3) is 0.667. The molecular weight excluding hydrogens is 312 g/mol. The van der Waals surface area contributed by atoms with Gasteiger partial charge in [-0.3, -0.25) is 4.79 Å². The van der Waals surface area contributed by atoms with Crippen LogP contribution in [-0.2, 0) is 11.2 Å². The summed E-state index contributed by atoms with van der Waals surface area (Å²) in [4.78, 5) is 17.2. The number of amides is 1. The summed E-state index contributed by atoms with van der Waals surface area (Å²) in [6, 6.07) is 9.08. The maximum Gasteiger partial charge on any atom is 0.260 e. The number of nitrogens with zero attached hydrogens (tertiary/aromatic N) is 2. The molecule has 0 radical (unpaired) electrons. The van der Waals surface area contributed by atoms with Gasteiger partial charge < -0.3 is 14.5 Å². The van der Waals surface area contributed by atoms with Gasteiger partial charge in [0.05, 0.1) is 0 Å². The summed E-state index contributed by atoms with van der Waals surface area (Å²) in [6.07, 6.45) is 5.70. The average Bonchev–Trinajstić information content (AvgIpc) is 2.62. The van der Waals surface area contributed by atoms with E-state index in [2.05, 4.69) is 30.9 Å². The molecular formula is C21H32N2O2. The molecule has 1 fully saturated rings. The molecule has 1 aromatic carbocycles. The number of piperidine rings is 1. The quantitative estimate of drug-likeness (QED) is 0.783. The van der Waals surface area contributed by atoms with E-state index >= 15 is 0 Å². The van der Waals surface area contributed by atoms with Gasteiger partial charge in [0.2, 0.25) is 0 Å². The van der Waals surface area contributed by atoms with Gasteiger partial charge in [-0.1, -0.05) is 24.6 Å². The molecule has 0 unspecified atom stereocenters. The number of carbonyl (C=O) groups is 1. The molecule has 2 aliphatic heterocycles. The van der Waals surface area contributed by atoms with E-state index in [0.29, 0.717) is 18.0 Å². The number of hydrogen-bond donors (Lipinski definition) is 0. The first-order valence-corrected chi connectivity index (χ1v) is 9.76. The number of carbonyl (C=O) groups excluding carboxylic acids is 1. The number of fused-ring (bicyclic) bond motifs is 2. The first kappa shape index (κ1) is 18.2. The third-order valence-corrected chi connectivity index (χ3v) is 5.94. The maximum atomic E-state index is 12.7. The van der Waals surface area contributed by atoms with Crippen LogP contribution < -0.4 is 4.74 Å². The Hall–Kier alpha value is -1.55. The number of aryl methyl sites for hydroxylation is 1. The van der Waals surface area contributed by atoms with Crippen molar-refractivity contribution in [3.05, 3.63) is 29.8 Å². The zero-order valence-electron chi connectivity index (χ0n) is 15.9. The predicted molar refractivity (Wildman–Crippen MR) is 101 cm³/mol. The molecule has 1 aromatic rings. The molecule has 25 heavy (non-hydrogen) atoms. The van der Waals surface area contributed by atoms with Crippen LogP contribution in [0.2, 0.25) is 0 Å². The van der Waals surface area contributed by atoms with E-state index in [9.17, 15) is 4.79 Å². The average molecular weight is 344 g/mol. The van der Waals surface area contributed by atoms with Gasteiger partial charge in [-0.05, 0) is 57.1 Å². The van der Waals surface area contributed by atoms with E-state index < -0.39 is 0 Å². The SMILES string of the molecule is CC(C)N1CC[C@@H]2[C@@H](CCCCc3ccccc3OCC(=O)N2C)C1. The molecule has 4 nitrogen and oxygen atoms in total. The summed E-state index contributed by atoms with van der Waals surface area (Å²) >= 11 is 0. The molecule has 0 aromatic heterocycles. The van der Waals surface area contributed by atoms with E-state index in [1.165, 1.54) is 24.8 Å². The van der Waals surface area contributed by atoms with Crippen molar-refractivity contribution in [2.75, 3.05) is 26.7 Å². The van der Waals surface area contributed by atoms with Crippen LogP contribution in [0.25, 0.3) is 0 Å². The smallest absolute Gasteiger partial charge is 0.260 e. The van der Waals surface area contributed by atoms with Crippen molar-refractivity contribution in [3.8, 4) is 5.75 Å². The van der Waals surface area contributed by atoms with Gasteiger partial charge in [-0.15, -0.1) is 0 Å². The number of rotatable bonds is 1. The number of likely N-dealkylation sites (tertiary alicyclic amines) is 1. The van der Waals surface area contributed by atoms with Crippen molar-refractivity contribution in [1.29, 1.82) is 0 Å². The number of ether oxygens (including phenoxy) is 1. The van der Waals surface area contributed by atoms with Gasteiger partial charge in [0.25, 0.3) is 5.91 Å². The molecule has 3 rings (SSSR count). The molecule has 2 aliphatic rings. The molecule has 138 valence electrons. The van der Waals surface area contributed by atoms with Crippen LogP contribution in [0.5, 0.6) is 5.75 Å². The van der Waals surface area contributed by atoms with Crippen LogP contribution in [0.3, 0.4) is 0 Å². The number of benzene rings is 1. The van der Waals surface area contributed by atoms with E-state index in [0.717, 1.165) is 31.7 Å². The van der Waals surface area contributed by atoms with E-state index in [4.69, 9.17) is 4.74 Å². The largest absolute Gasteiger partial charge is 0.483 e. The van der Waals surface area contributed by atoms with Gasteiger partial charge in [-0.25, -0.2) is 0 Å². The first-order valence-electron chi connectivity index (χ1n) is 9.76. The molecule has 0 N–H and O–H groups in total. The third kappa shape index (κ3) is 4.35. The van der Waals surface area contributed by atoms with Crippen molar-refractivity contribution in [2.45, 2.75) is 58.0 Å². The monoisotopic (exact) mass is 344 g/mol. The van der Waals surface area contributed by atoms with Crippen LogP contribution in [0.4, 0.5) is 0 Å². The van der Waals surface area contributed by atoms with Gasteiger partial charge in [0.15, 0.2) is 6.61 Å². The van der Waals surface area contributed by atoms with Crippen molar-refractivity contribution in [2.24, 2.45) is 5.92 Å². The molecule has 2 heterocycles. The zero-order chi connectivity index (χ0) is 17.8. The predicted octanol–water partition coefficient (Wildman–Crippen LogP) is 3.35. The number of likely N-dealkylation sites (N-methyl/N-ethyl adjacent to an activating group) is 1. The van der Waals surface area contributed by atoms with E-state index in [-0.39, 0.29) is 12.5 Å². The lowest BCUT2D eigenvalue weighted by molar-refractivity contribution is -0.136. The van der Waals surface area contributed by atoms with Gasteiger partial charge in [0.1, 0.15) is 5.75 Å². The molecule has 1 amide bonds. The summed E-state index contributed by atoms with van der Waals surface area (Å²) < 4.78 is 5.88. The normalized spacial score (nSPS) is 26.2. The molecule has 0 saturated carbocycles. The minimum absolute atomic E-state index is 0.100. The second-order valence-corrected chi connectivity index (χ2v) is 7.85. The highest BCUT2D eigenvalue weighted by Gasteiger charge is 2.34. The van der Waals surface area contributed by atoms with Gasteiger partial charge in [0, 0.05) is 32.2 Å². The standard InChI is InChI=1S/C21H32N2O2/c1-16(2)23-13-12-19-18(14-23)10-5-4-8-17-9-6-7-11-20(17)25-15-21(24)22(19)3/h6-7,9,11,16,18-19H,4-5,8,10,12-15H2,1-3H3/t18-,19+/m0/s1. The highest BCUT2D eigenvalue weighted by atomic mass is 16.5. The van der Waals surface area contributed by atoms with Crippen molar-refractivity contribution in [1.82, 2.24) is 9.80 Å². The summed E-state index contributed by atoms with van der Waals surface area (Å²) in [5, 5.41) is 0. The Balaban J connectivity index is 1.76. The lowest BCUT2D eigenvalue weighted by Crippen LogP contribution is -2.53. The topological polar surface area (TPSA) is 32.8 Å². The Bertz CT molecular complexity index is 587. The third-order valence-electron chi connectivity index (χ3n) is 5.94. The lowest BCUT2D eigenvalue weighted by atomic mass is 9.85. The summed E-state index contributed by atoms with van der Waals surface area (Å²) in [5.41, 5.74) is 1.22. The second kappa shape index (κ2) is 8.22. The Morgan fingerprint density at radius 3 is 2.76 bits per heavy atom. The number of hydrogen-bond acceptors (Lipinski definition) is 3. The number of para-hydroxylation sites is 1. The van der Waals surface area contributed by atoms with Crippen LogP contribution in [0.1, 0.15) is 45.1 Å². The van der Waals surface area contributed by atoms with Crippen LogP contribution >= 0.6 is 0 Å². The fourth-order valence-electron chi connectivity index (χ4n) is 4.31. The van der Waals surface area contributed by atoms with Crippen LogP contribution in [-0.4, -0.2) is 54.5 Å². The molecule has 1 saturated heterocycles. The minimum Gasteiger partial charge on any atom is -0.483 e. The fourth-order valence-corrected chi connectivity index (χ4v) is 4.31. The van der Waals surface area contributed by atoms with Crippen LogP contribution in [0.15, 0.2) is 24.3 Å². The Labute approximate surface area is 152 Å². The van der Waals surface area contributed by atoms with Gasteiger partial charge >= 0.3 is 0 Å². The molecule has 0 spiro atoms. The van der Waals surface area contributed by atoms with E-state index in [1.54, 1.807) is 0 Å². The highest BCUT2D eigenvalue weighted by molar-refractivity contribution is 5.78. The van der Waals surface area contributed by atoms with Crippen LogP contribution in [0, 0.1) is 5.92 Å². The Kier molecular flexibility index (Phi) is 6.00. The van der Waals surface area contributed by atoms with E-state index in [1.807, 2.05) is 24.1 Å². The van der Waals surface area contributed by atoms with Crippen molar-refractivity contribution < 1.29 is 9.53 Å².